The van der Waals surface area contributed by atoms with Gasteiger partial charge in [-0.2, -0.15) is 5.10 Å². The van der Waals surface area contributed by atoms with E-state index in [0.29, 0.717) is 25.2 Å². The van der Waals surface area contributed by atoms with Crippen LogP contribution < -0.4 is 9.46 Å². The molecule has 120 valence electrons. The van der Waals surface area contributed by atoms with Gasteiger partial charge >= 0.3 is 0 Å². The molecule has 0 atom stereocenters. The standard InChI is InChI=1S/C15H21N3O3S/c1-4-18-11-15(12(2)17-18)22(19,20)16-10-9-13-5-7-14(21-3)8-6-13/h5-8,11,16H,4,9-10H2,1-3H3. The fourth-order valence-electron chi connectivity index (χ4n) is 2.13. The molecule has 0 saturated carbocycles. The topological polar surface area (TPSA) is 73.2 Å². The largest absolute Gasteiger partial charge is 0.497 e. The average Bonchev–Trinajstić information content (AvgIpc) is 2.90. The van der Waals surface area contributed by atoms with Crippen LogP contribution in [0, 0.1) is 6.92 Å². The molecular formula is C15H21N3O3S. The van der Waals surface area contributed by atoms with Gasteiger partial charge in [-0.05, 0) is 38.0 Å². The smallest absolute Gasteiger partial charge is 0.243 e. The molecule has 6 nitrogen and oxygen atoms in total. The first-order chi connectivity index (χ1) is 10.5. The Hall–Kier alpha value is -1.86. The summed E-state index contributed by atoms with van der Waals surface area (Å²) in [5.74, 6) is 0.784. The van der Waals surface area contributed by atoms with E-state index in [9.17, 15) is 8.42 Å². The third-order valence-electron chi connectivity index (χ3n) is 3.38. The lowest BCUT2D eigenvalue weighted by Crippen LogP contribution is -2.26. The quantitative estimate of drug-likeness (QED) is 0.842. The van der Waals surface area contributed by atoms with Gasteiger partial charge in [0.2, 0.25) is 10.0 Å². The zero-order valence-electron chi connectivity index (χ0n) is 13.0. The molecular weight excluding hydrogens is 302 g/mol. The van der Waals surface area contributed by atoms with Crippen molar-refractivity contribution in [1.82, 2.24) is 14.5 Å². The minimum absolute atomic E-state index is 0.240. The Kier molecular flexibility index (Phi) is 5.20. The summed E-state index contributed by atoms with van der Waals surface area (Å²) < 4.78 is 33.9. The van der Waals surface area contributed by atoms with Crippen molar-refractivity contribution in [3.05, 3.63) is 41.7 Å². The van der Waals surface area contributed by atoms with E-state index in [0.717, 1.165) is 11.3 Å². The van der Waals surface area contributed by atoms with Gasteiger partial charge < -0.3 is 4.74 Å². The second kappa shape index (κ2) is 6.93. The second-order valence-corrected chi connectivity index (χ2v) is 6.67. The number of methoxy groups -OCH3 is 1. The fraction of sp³-hybridized carbons (Fsp3) is 0.400. The highest BCUT2D eigenvalue weighted by molar-refractivity contribution is 7.89. The van der Waals surface area contributed by atoms with Gasteiger partial charge in [-0.25, -0.2) is 13.1 Å². The number of nitrogens with zero attached hydrogens (tertiary/aromatic N) is 2. The Morgan fingerprint density at radius 3 is 2.50 bits per heavy atom. The van der Waals surface area contributed by atoms with E-state index in [2.05, 4.69) is 9.82 Å². The highest BCUT2D eigenvalue weighted by Gasteiger charge is 2.19. The van der Waals surface area contributed by atoms with E-state index in [1.807, 2.05) is 31.2 Å². The Morgan fingerprint density at radius 2 is 1.95 bits per heavy atom. The van der Waals surface area contributed by atoms with Gasteiger partial charge in [0, 0.05) is 19.3 Å². The van der Waals surface area contributed by atoms with Crippen molar-refractivity contribution in [3.8, 4) is 5.75 Å². The van der Waals surface area contributed by atoms with Crippen LogP contribution >= 0.6 is 0 Å². The van der Waals surface area contributed by atoms with Gasteiger partial charge in [0.15, 0.2) is 0 Å². The third kappa shape index (κ3) is 3.86. The maximum Gasteiger partial charge on any atom is 0.243 e. The summed E-state index contributed by atoms with van der Waals surface area (Å²) in [7, 11) is -1.91. The zero-order valence-corrected chi connectivity index (χ0v) is 13.9. The van der Waals surface area contributed by atoms with Crippen molar-refractivity contribution in [2.24, 2.45) is 0 Å². The van der Waals surface area contributed by atoms with Crippen LogP contribution in [0.1, 0.15) is 18.2 Å². The summed E-state index contributed by atoms with van der Waals surface area (Å²) in [5.41, 5.74) is 1.56. The Balaban J connectivity index is 1.98. The highest BCUT2D eigenvalue weighted by atomic mass is 32.2. The van der Waals surface area contributed by atoms with E-state index in [4.69, 9.17) is 4.74 Å². The van der Waals surface area contributed by atoms with Crippen LogP contribution in [0.2, 0.25) is 0 Å². The molecule has 22 heavy (non-hydrogen) atoms. The molecule has 0 aliphatic rings. The molecule has 1 N–H and O–H groups in total. The number of ether oxygens (including phenoxy) is 1. The van der Waals surface area contributed by atoms with Crippen molar-refractivity contribution in [3.63, 3.8) is 0 Å². The second-order valence-electron chi connectivity index (χ2n) is 4.93. The molecule has 2 aromatic rings. The Bertz CT molecular complexity index is 721. The van der Waals surface area contributed by atoms with Gasteiger partial charge in [0.25, 0.3) is 0 Å². The van der Waals surface area contributed by atoms with Crippen LogP contribution in [-0.2, 0) is 23.0 Å². The number of hydrogen-bond acceptors (Lipinski definition) is 4. The molecule has 0 aliphatic heterocycles. The minimum atomic E-state index is -3.52. The van der Waals surface area contributed by atoms with Crippen LogP contribution in [0.25, 0.3) is 0 Å². The van der Waals surface area contributed by atoms with Gasteiger partial charge in [0.1, 0.15) is 10.6 Å². The molecule has 0 amide bonds. The summed E-state index contributed by atoms with van der Waals surface area (Å²) in [6.45, 7) is 4.59. The maximum atomic E-state index is 12.3. The molecule has 0 radical (unpaired) electrons. The molecule has 1 aromatic heterocycles. The van der Waals surface area contributed by atoms with Crippen LogP contribution in [0.4, 0.5) is 0 Å². The molecule has 0 fully saturated rings. The van der Waals surface area contributed by atoms with Gasteiger partial charge in [-0.3, -0.25) is 4.68 Å². The van der Waals surface area contributed by atoms with Gasteiger partial charge in [-0.1, -0.05) is 12.1 Å². The third-order valence-corrected chi connectivity index (χ3v) is 4.94. The molecule has 1 aromatic carbocycles. The summed E-state index contributed by atoms with van der Waals surface area (Å²) in [4.78, 5) is 0.240. The number of sulfonamides is 1. The molecule has 0 spiro atoms. The first-order valence-electron chi connectivity index (χ1n) is 7.13. The van der Waals surface area contributed by atoms with Crippen molar-refractivity contribution < 1.29 is 13.2 Å². The van der Waals surface area contributed by atoms with Crippen molar-refractivity contribution in [2.45, 2.75) is 31.7 Å². The average molecular weight is 323 g/mol. The number of nitrogens with one attached hydrogen (secondary N) is 1. The van der Waals surface area contributed by atoms with Crippen molar-refractivity contribution in [2.75, 3.05) is 13.7 Å². The molecule has 0 aliphatic carbocycles. The van der Waals surface area contributed by atoms with Crippen LogP contribution in [0.3, 0.4) is 0 Å². The predicted octanol–water partition coefficient (Wildman–Crippen LogP) is 1.74. The molecule has 2 rings (SSSR count). The lowest BCUT2D eigenvalue weighted by atomic mass is 10.1. The Labute approximate surface area is 131 Å². The summed E-state index contributed by atoms with van der Waals surface area (Å²) in [6, 6.07) is 7.57. The van der Waals surface area contributed by atoms with Gasteiger partial charge in [-0.15, -0.1) is 0 Å². The minimum Gasteiger partial charge on any atom is -0.497 e. The molecule has 0 unspecified atom stereocenters. The first kappa shape index (κ1) is 16.5. The SMILES string of the molecule is CCn1cc(S(=O)(=O)NCCc2ccc(OC)cc2)c(C)n1. The predicted molar refractivity (Wildman–Crippen MR) is 84.5 cm³/mol. The number of rotatable bonds is 7. The molecule has 7 heteroatoms. The highest BCUT2D eigenvalue weighted by Crippen LogP contribution is 2.14. The lowest BCUT2D eigenvalue weighted by Gasteiger charge is -2.06. The number of hydrogen-bond donors (Lipinski definition) is 1. The van der Waals surface area contributed by atoms with Crippen LogP contribution in [-0.4, -0.2) is 31.9 Å². The normalized spacial score (nSPS) is 11.6. The van der Waals surface area contributed by atoms with E-state index < -0.39 is 10.0 Å². The van der Waals surface area contributed by atoms with E-state index in [-0.39, 0.29) is 4.90 Å². The van der Waals surface area contributed by atoms with E-state index in [1.54, 1.807) is 24.9 Å². The monoisotopic (exact) mass is 323 g/mol. The number of benzene rings is 1. The van der Waals surface area contributed by atoms with E-state index in [1.165, 1.54) is 0 Å². The van der Waals surface area contributed by atoms with Crippen molar-refractivity contribution >= 4 is 10.0 Å². The maximum absolute atomic E-state index is 12.3. The lowest BCUT2D eigenvalue weighted by molar-refractivity contribution is 0.414. The van der Waals surface area contributed by atoms with Crippen LogP contribution in [0.5, 0.6) is 5.75 Å². The zero-order chi connectivity index (χ0) is 16.2. The fourth-order valence-corrected chi connectivity index (χ4v) is 3.34. The molecule has 1 heterocycles. The molecule has 0 bridgehead atoms. The van der Waals surface area contributed by atoms with Crippen molar-refractivity contribution in [1.29, 1.82) is 0 Å². The molecule has 0 saturated heterocycles. The van der Waals surface area contributed by atoms with Gasteiger partial charge in [0.05, 0.1) is 12.8 Å². The summed E-state index contributed by atoms with van der Waals surface area (Å²) in [5, 5.41) is 4.16. The summed E-state index contributed by atoms with van der Waals surface area (Å²) >= 11 is 0. The summed E-state index contributed by atoms with van der Waals surface area (Å²) in [6.07, 6.45) is 2.18. The van der Waals surface area contributed by atoms with E-state index >= 15 is 0 Å². The Morgan fingerprint density at radius 1 is 1.27 bits per heavy atom. The first-order valence-corrected chi connectivity index (χ1v) is 8.61. The number of aromatic nitrogens is 2. The van der Waals surface area contributed by atoms with Crippen LogP contribution in [0.15, 0.2) is 35.4 Å². The number of aryl methyl sites for hydroxylation is 2.